The van der Waals surface area contributed by atoms with E-state index < -0.39 is 19.7 Å². The Bertz CT molecular complexity index is 257. The molecule has 60 valence electrons. The van der Waals surface area contributed by atoms with Crippen LogP contribution >= 0.6 is 0 Å². The van der Waals surface area contributed by atoms with E-state index in [1.54, 1.807) is 0 Å². The molecule has 0 aliphatic heterocycles. The van der Waals surface area contributed by atoms with Gasteiger partial charge in [-0.15, -0.1) is 22.8 Å². The third kappa shape index (κ3) is 5.46. The quantitative estimate of drug-likeness (QED) is 0.263. The van der Waals surface area contributed by atoms with Gasteiger partial charge in [0.1, 0.15) is 0 Å². The fourth-order valence-electron chi connectivity index (χ4n) is 0.104. The van der Waals surface area contributed by atoms with Crippen molar-refractivity contribution in [2.75, 3.05) is 0 Å². The second-order valence-corrected chi connectivity index (χ2v) is 2.25. The minimum absolute atomic E-state index is 0. The number of nitrogens with zero attached hydrogens (tertiary/aromatic N) is 2. The molecule has 0 rings (SSSR count). The Labute approximate surface area is 104 Å². The van der Waals surface area contributed by atoms with Crippen molar-refractivity contribution in [3.05, 3.63) is 20.2 Å². The van der Waals surface area contributed by atoms with Crippen LogP contribution in [0.1, 0.15) is 1.43 Å². The van der Waals surface area contributed by atoms with Crippen LogP contribution in [0.4, 0.5) is 0 Å². The van der Waals surface area contributed by atoms with Crippen molar-refractivity contribution in [3.63, 3.8) is 0 Å². The second kappa shape index (κ2) is 4.94. The molecule has 0 N–H and O–H groups in total. The minimum atomic E-state index is -5.27. The molecule has 11 heavy (non-hydrogen) atoms. The van der Waals surface area contributed by atoms with Gasteiger partial charge >= 0.3 is 66.8 Å². The van der Waals surface area contributed by atoms with Crippen molar-refractivity contribution in [3.8, 4) is 0 Å². The van der Waals surface area contributed by atoms with Gasteiger partial charge in [-0.25, -0.2) is 10.1 Å². The Morgan fingerprint density at radius 2 is 1.64 bits per heavy atom. The molecule has 0 aromatic carbocycles. The first-order valence-corrected chi connectivity index (χ1v) is 2.96. The van der Waals surface area contributed by atoms with Crippen LogP contribution in [-0.2, 0) is 14.6 Å². The Hall–Kier alpha value is 0.186. The SMILES string of the molecule is O=[N+]([O-])OS(=O)(=O)[N+](=O)[O-].[H-].[K+]. The van der Waals surface area contributed by atoms with Crippen LogP contribution in [-0.4, -0.2) is 17.8 Å². The van der Waals surface area contributed by atoms with Crippen molar-refractivity contribution in [1.82, 2.24) is 0 Å². The molecule has 0 aliphatic carbocycles. The van der Waals surface area contributed by atoms with Gasteiger partial charge in [-0.2, -0.15) is 0 Å². The van der Waals surface area contributed by atoms with E-state index in [4.69, 9.17) is 0 Å². The van der Waals surface area contributed by atoms with E-state index in [0.29, 0.717) is 0 Å². The largest absolute Gasteiger partial charge is 1.00 e. The second-order valence-electron chi connectivity index (χ2n) is 0.949. The van der Waals surface area contributed by atoms with Gasteiger partial charge in [-0.1, -0.05) is 0 Å². The molecule has 0 bridgehead atoms. The molecular weight excluding hydrogens is 211 g/mol. The van der Waals surface area contributed by atoms with E-state index in [-0.39, 0.29) is 52.8 Å². The van der Waals surface area contributed by atoms with E-state index in [1.807, 2.05) is 0 Å². The van der Waals surface area contributed by atoms with Crippen molar-refractivity contribution >= 4 is 10.3 Å². The van der Waals surface area contributed by atoms with Crippen LogP contribution in [0.3, 0.4) is 0 Å². The predicted octanol–water partition coefficient (Wildman–Crippen LogP) is -4.17. The Balaban J connectivity index is -0.000000405. The molecular formula is HKN2O7S. The van der Waals surface area contributed by atoms with E-state index in [1.165, 1.54) is 0 Å². The van der Waals surface area contributed by atoms with Crippen molar-refractivity contribution in [2.45, 2.75) is 0 Å². The normalized spacial score (nSPS) is 9.45. The molecule has 0 aromatic rings. The molecule has 0 radical (unpaired) electrons. The van der Waals surface area contributed by atoms with Crippen molar-refractivity contribution < 1.29 is 74.9 Å². The Morgan fingerprint density at radius 1 is 1.27 bits per heavy atom. The first kappa shape index (κ1) is 13.8. The van der Waals surface area contributed by atoms with Crippen molar-refractivity contribution in [1.29, 1.82) is 0 Å². The summed E-state index contributed by atoms with van der Waals surface area (Å²) in [6.07, 6.45) is 0. The van der Waals surface area contributed by atoms with E-state index in [2.05, 4.69) is 4.28 Å². The van der Waals surface area contributed by atoms with Gasteiger partial charge in [-0.05, 0) is 0 Å². The van der Waals surface area contributed by atoms with Crippen LogP contribution in [0, 0.1) is 20.2 Å². The molecule has 0 fully saturated rings. The molecule has 0 aromatic heterocycles. The molecule has 0 saturated heterocycles. The average molecular weight is 212 g/mol. The summed E-state index contributed by atoms with van der Waals surface area (Å²) < 4.78 is 20.3. The third-order valence-corrected chi connectivity index (χ3v) is 1.01. The standard InChI is InChI=1S/K.N2O7S.H/c;3-1(4)9-10(7,8)2(5)6;/q+1;;-1. The zero-order valence-corrected chi connectivity index (χ0v) is 9.10. The first-order chi connectivity index (χ1) is 4.36. The fourth-order valence-corrected chi connectivity index (χ4v) is 0.312. The van der Waals surface area contributed by atoms with Crippen LogP contribution < -0.4 is 51.4 Å². The summed E-state index contributed by atoms with van der Waals surface area (Å²) in [5.74, 6) is 0. The topological polar surface area (TPSA) is 130 Å². The summed E-state index contributed by atoms with van der Waals surface area (Å²) in [5.41, 5.74) is 0. The van der Waals surface area contributed by atoms with Gasteiger partial charge < -0.3 is 1.43 Å². The number of hydrogen-bond acceptors (Lipinski definition) is 7. The molecule has 0 heterocycles. The molecule has 0 atom stereocenters. The van der Waals surface area contributed by atoms with Gasteiger partial charge in [0.25, 0.3) is 0 Å². The van der Waals surface area contributed by atoms with Gasteiger partial charge in [0.15, 0.2) is 4.33 Å². The van der Waals surface area contributed by atoms with Crippen LogP contribution in [0.25, 0.3) is 0 Å². The Kier molecular flexibility index (Phi) is 6.18. The minimum Gasteiger partial charge on any atom is -1.00 e. The van der Waals surface area contributed by atoms with Gasteiger partial charge in [0.05, 0.1) is 0 Å². The summed E-state index contributed by atoms with van der Waals surface area (Å²) in [5, 5.41) is 16.8. The number of hydrogen-bond donors (Lipinski definition) is 0. The average Bonchev–Trinajstić information content (AvgIpc) is 1.60. The zero-order chi connectivity index (χ0) is 8.36. The Morgan fingerprint density at radius 3 is 1.73 bits per heavy atom. The summed E-state index contributed by atoms with van der Waals surface area (Å²) in [6.45, 7) is 0. The predicted molar refractivity (Wildman–Crippen MR) is 25.1 cm³/mol. The van der Waals surface area contributed by atoms with E-state index in [9.17, 15) is 28.6 Å². The summed E-state index contributed by atoms with van der Waals surface area (Å²) >= 11 is 0. The third-order valence-electron chi connectivity index (χ3n) is 0.338. The van der Waals surface area contributed by atoms with Gasteiger partial charge in [0, 0.05) is 0 Å². The van der Waals surface area contributed by atoms with Crippen LogP contribution in [0.5, 0.6) is 0 Å². The molecule has 0 spiro atoms. The van der Waals surface area contributed by atoms with Gasteiger partial charge in [-0.3, -0.25) is 0 Å². The molecule has 0 saturated carbocycles. The van der Waals surface area contributed by atoms with Crippen LogP contribution in [0.2, 0.25) is 0 Å². The maximum Gasteiger partial charge on any atom is 1.00 e. The van der Waals surface area contributed by atoms with Crippen molar-refractivity contribution in [2.24, 2.45) is 0 Å². The molecule has 0 unspecified atom stereocenters. The number of nitro groups is 1. The van der Waals surface area contributed by atoms with Crippen LogP contribution in [0.15, 0.2) is 0 Å². The molecule has 9 nitrogen and oxygen atoms in total. The maximum absolute atomic E-state index is 9.78. The van der Waals surface area contributed by atoms with E-state index >= 15 is 0 Å². The summed E-state index contributed by atoms with van der Waals surface area (Å²) in [6, 6.07) is 0. The molecule has 0 amide bonds. The molecule has 11 heteroatoms. The first-order valence-electron chi connectivity index (χ1n) is 1.60. The maximum atomic E-state index is 9.78. The zero-order valence-electron chi connectivity index (χ0n) is 6.16. The summed E-state index contributed by atoms with van der Waals surface area (Å²) in [7, 11) is -5.27. The van der Waals surface area contributed by atoms with E-state index in [0.717, 1.165) is 0 Å². The molecule has 0 aliphatic rings. The van der Waals surface area contributed by atoms with Gasteiger partial charge in [0.2, 0.25) is 0 Å². The monoisotopic (exact) mass is 212 g/mol. The number of rotatable bonds is 3. The fraction of sp³-hybridized carbons (Fsp3) is 0. The smallest absolute Gasteiger partial charge is 1.00 e. The summed E-state index contributed by atoms with van der Waals surface area (Å²) in [4.78, 5) is 18.6.